The fourth-order valence-corrected chi connectivity index (χ4v) is 2.04. The van der Waals surface area contributed by atoms with E-state index in [0.717, 1.165) is 31.5 Å². The average Bonchev–Trinajstić information content (AvgIpc) is 2.90. The van der Waals surface area contributed by atoms with Crippen LogP contribution in [0.15, 0.2) is 24.3 Å². The smallest absolute Gasteiger partial charge is 0.251 e. The van der Waals surface area contributed by atoms with Crippen LogP contribution in [-0.4, -0.2) is 36.3 Å². The lowest BCUT2D eigenvalue weighted by Gasteiger charge is -2.15. The minimum absolute atomic E-state index is 0.00737. The molecule has 0 bridgehead atoms. The zero-order valence-corrected chi connectivity index (χ0v) is 10.6. The van der Waals surface area contributed by atoms with E-state index in [1.807, 2.05) is 19.1 Å². The van der Waals surface area contributed by atoms with E-state index in [4.69, 9.17) is 0 Å². The summed E-state index contributed by atoms with van der Waals surface area (Å²) in [6.07, 6.45) is 2.13. The van der Waals surface area contributed by atoms with Gasteiger partial charge in [-0.3, -0.25) is 9.59 Å². The molecule has 0 aliphatic carbocycles. The highest BCUT2D eigenvalue weighted by atomic mass is 16.2. The maximum absolute atomic E-state index is 11.8. The third-order valence-electron chi connectivity index (χ3n) is 3.17. The van der Waals surface area contributed by atoms with Gasteiger partial charge in [-0.2, -0.15) is 0 Å². The van der Waals surface area contributed by atoms with Gasteiger partial charge in [-0.1, -0.05) is 17.7 Å². The topological polar surface area (TPSA) is 49.4 Å². The van der Waals surface area contributed by atoms with E-state index in [-0.39, 0.29) is 18.4 Å². The number of carbonyl (C=O) groups is 2. The van der Waals surface area contributed by atoms with Crippen LogP contribution in [0.3, 0.4) is 0 Å². The van der Waals surface area contributed by atoms with Crippen molar-refractivity contribution < 1.29 is 9.59 Å². The number of rotatable bonds is 3. The number of hydrogen-bond acceptors (Lipinski definition) is 2. The molecule has 2 rings (SSSR count). The Hall–Kier alpha value is -1.84. The van der Waals surface area contributed by atoms with Crippen molar-refractivity contribution in [1.29, 1.82) is 0 Å². The number of benzene rings is 1. The van der Waals surface area contributed by atoms with Crippen LogP contribution in [0.2, 0.25) is 0 Å². The number of nitrogens with zero attached hydrogens (tertiary/aromatic N) is 1. The van der Waals surface area contributed by atoms with Gasteiger partial charge in [0.05, 0.1) is 6.54 Å². The zero-order chi connectivity index (χ0) is 13.0. The van der Waals surface area contributed by atoms with Gasteiger partial charge in [0.1, 0.15) is 0 Å². The molecule has 0 unspecified atom stereocenters. The summed E-state index contributed by atoms with van der Waals surface area (Å²) in [7, 11) is 0. The summed E-state index contributed by atoms with van der Waals surface area (Å²) in [5, 5.41) is 2.66. The summed E-state index contributed by atoms with van der Waals surface area (Å²) in [6, 6.07) is 7.31. The minimum Gasteiger partial charge on any atom is -0.343 e. The molecule has 1 fully saturated rings. The number of amides is 2. The molecule has 0 atom stereocenters. The normalized spacial score (nSPS) is 14.6. The van der Waals surface area contributed by atoms with Crippen molar-refractivity contribution in [3.05, 3.63) is 35.4 Å². The first-order valence-electron chi connectivity index (χ1n) is 6.29. The van der Waals surface area contributed by atoms with Crippen molar-refractivity contribution in [3.8, 4) is 0 Å². The fourth-order valence-electron chi connectivity index (χ4n) is 2.04. The molecule has 18 heavy (non-hydrogen) atoms. The molecular weight excluding hydrogens is 228 g/mol. The summed E-state index contributed by atoms with van der Waals surface area (Å²) in [5.74, 6) is -0.185. The van der Waals surface area contributed by atoms with Crippen molar-refractivity contribution in [2.75, 3.05) is 19.6 Å². The van der Waals surface area contributed by atoms with Gasteiger partial charge < -0.3 is 10.2 Å². The van der Waals surface area contributed by atoms with Gasteiger partial charge in [-0.15, -0.1) is 0 Å². The van der Waals surface area contributed by atoms with Crippen LogP contribution < -0.4 is 5.32 Å². The Morgan fingerprint density at radius 1 is 1.17 bits per heavy atom. The van der Waals surface area contributed by atoms with Crippen molar-refractivity contribution >= 4 is 11.8 Å². The van der Waals surface area contributed by atoms with Gasteiger partial charge in [0, 0.05) is 18.7 Å². The Kier molecular flexibility index (Phi) is 3.97. The van der Waals surface area contributed by atoms with Crippen molar-refractivity contribution in [2.45, 2.75) is 19.8 Å². The molecule has 1 N–H and O–H groups in total. The number of likely N-dealkylation sites (tertiary alicyclic amines) is 1. The number of aryl methyl sites for hydroxylation is 1. The quantitative estimate of drug-likeness (QED) is 0.875. The number of hydrogen-bond donors (Lipinski definition) is 1. The molecule has 0 spiro atoms. The predicted octanol–water partition coefficient (Wildman–Crippen LogP) is 1.35. The van der Waals surface area contributed by atoms with Gasteiger partial charge >= 0.3 is 0 Å². The summed E-state index contributed by atoms with van der Waals surface area (Å²) >= 11 is 0. The van der Waals surface area contributed by atoms with Crippen molar-refractivity contribution in [3.63, 3.8) is 0 Å². The van der Waals surface area contributed by atoms with Gasteiger partial charge in [0.25, 0.3) is 5.91 Å². The summed E-state index contributed by atoms with van der Waals surface area (Å²) in [6.45, 7) is 3.70. The molecule has 1 aromatic carbocycles. The SMILES string of the molecule is Cc1ccc(C(=O)NCC(=O)N2CCCC2)cc1. The van der Waals surface area contributed by atoms with Crippen LogP contribution in [-0.2, 0) is 4.79 Å². The van der Waals surface area contributed by atoms with E-state index in [1.54, 1.807) is 17.0 Å². The Bertz CT molecular complexity index is 434. The summed E-state index contributed by atoms with van der Waals surface area (Å²) in [4.78, 5) is 25.3. The average molecular weight is 246 g/mol. The monoisotopic (exact) mass is 246 g/mol. The third kappa shape index (κ3) is 3.09. The van der Waals surface area contributed by atoms with Crippen LogP contribution in [0.5, 0.6) is 0 Å². The van der Waals surface area contributed by atoms with E-state index < -0.39 is 0 Å². The predicted molar refractivity (Wildman–Crippen MR) is 69.3 cm³/mol. The van der Waals surface area contributed by atoms with Crippen molar-refractivity contribution in [2.24, 2.45) is 0 Å². The first-order valence-corrected chi connectivity index (χ1v) is 6.29. The lowest BCUT2D eigenvalue weighted by Crippen LogP contribution is -2.38. The molecule has 1 aliphatic heterocycles. The molecular formula is C14H18N2O2. The maximum atomic E-state index is 11.8. The van der Waals surface area contributed by atoms with Crippen LogP contribution in [0, 0.1) is 6.92 Å². The number of nitrogens with one attached hydrogen (secondary N) is 1. The Balaban J connectivity index is 1.84. The minimum atomic E-state index is -0.192. The van der Waals surface area contributed by atoms with E-state index in [0.29, 0.717) is 5.56 Å². The molecule has 1 aromatic rings. The molecule has 0 saturated carbocycles. The van der Waals surface area contributed by atoms with E-state index in [2.05, 4.69) is 5.32 Å². The summed E-state index contributed by atoms with van der Waals surface area (Å²) in [5.41, 5.74) is 1.70. The highest BCUT2D eigenvalue weighted by Crippen LogP contribution is 2.07. The van der Waals surface area contributed by atoms with Crippen LogP contribution in [0.1, 0.15) is 28.8 Å². The van der Waals surface area contributed by atoms with Gasteiger partial charge in [0.2, 0.25) is 5.91 Å². The molecule has 1 aliphatic rings. The second-order valence-electron chi connectivity index (χ2n) is 4.64. The largest absolute Gasteiger partial charge is 0.343 e. The third-order valence-corrected chi connectivity index (χ3v) is 3.17. The van der Waals surface area contributed by atoms with Crippen LogP contribution >= 0.6 is 0 Å². The lowest BCUT2D eigenvalue weighted by molar-refractivity contribution is -0.129. The standard InChI is InChI=1S/C14H18N2O2/c1-11-4-6-12(7-5-11)14(18)15-10-13(17)16-8-2-3-9-16/h4-7H,2-3,8-10H2,1H3,(H,15,18). The molecule has 4 heteroatoms. The first kappa shape index (κ1) is 12.6. The van der Waals surface area contributed by atoms with Crippen molar-refractivity contribution in [1.82, 2.24) is 10.2 Å². The van der Waals surface area contributed by atoms with Gasteiger partial charge in [-0.25, -0.2) is 0 Å². The molecule has 4 nitrogen and oxygen atoms in total. The second kappa shape index (κ2) is 5.67. The van der Waals surface area contributed by atoms with E-state index in [1.165, 1.54) is 0 Å². The van der Waals surface area contributed by atoms with Crippen LogP contribution in [0.25, 0.3) is 0 Å². The first-order chi connectivity index (χ1) is 8.66. The van der Waals surface area contributed by atoms with Gasteiger partial charge in [-0.05, 0) is 31.9 Å². The fraction of sp³-hybridized carbons (Fsp3) is 0.429. The molecule has 1 saturated heterocycles. The Labute approximate surface area is 107 Å². The highest BCUT2D eigenvalue weighted by Gasteiger charge is 2.18. The summed E-state index contributed by atoms with van der Waals surface area (Å²) < 4.78 is 0. The molecule has 0 aromatic heterocycles. The molecule has 1 heterocycles. The Morgan fingerprint density at radius 3 is 2.39 bits per heavy atom. The van der Waals surface area contributed by atoms with Crippen LogP contribution in [0.4, 0.5) is 0 Å². The number of carbonyl (C=O) groups excluding carboxylic acids is 2. The van der Waals surface area contributed by atoms with E-state index >= 15 is 0 Å². The second-order valence-corrected chi connectivity index (χ2v) is 4.64. The highest BCUT2D eigenvalue weighted by molar-refractivity contribution is 5.96. The molecule has 96 valence electrons. The van der Waals surface area contributed by atoms with E-state index in [9.17, 15) is 9.59 Å². The molecule has 2 amide bonds. The zero-order valence-electron chi connectivity index (χ0n) is 10.6. The lowest BCUT2D eigenvalue weighted by atomic mass is 10.1. The Morgan fingerprint density at radius 2 is 1.78 bits per heavy atom. The van der Waals surface area contributed by atoms with Gasteiger partial charge in [0.15, 0.2) is 0 Å². The molecule has 0 radical (unpaired) electrons. The maximum Gasteiger partial charge on any atom is 0.251 e.